The number of benzene rings is 2. The fraction of sp³-hybridized carbons (Fsp3) is 0.333. The first-order valence-electron chi connectivity index (χ1n) is 7.26. The van der Waals surface area contributed by atoms with Crippen molar-refractivity contribution < 1.29 is 0 Å². The Morgan fingerprint density at radius 2 is 1.47 bits per heavy atom. The molecule has 0 fully saturated rings. The van der Waals surface area contributed by atoms with Crippen LogP contribution in [0.4, 0.5) is 0 Å². The predicted octanol–water partition coefficient (Wildman–Crippen LogP) is 5.96. The first kappa shape index (κ1) is 12.7. The number of hydrogen-bond donors (Lipinski definition) is 0. The Kier molecular flexibility index (Phi) is 3.56. The monoisotopic (exact) mass is 268 g/mol. The van der Waals surface area contributed by atoms with Crippen molar-refractivity contribution >= 4 is 32.2 Å². The summed E-state index contributed by atoms with van der Waals surface area (Å²) in [4.78, 5) is 0. The average Bonchev–Trinajstić information content (AvgIpc) is 2.92. The normalized spacial score (nSPS) is 11.5. The molecule has 3 aromatic rings. The fourth-order valence-electron chi connectivity index (χ4n) is 3.09. The van der Waals surface area contributed by atoms with Gasteiger partial charge < -0.3 is 0 Å². The third kappa shape index (κ3) is 2.06. The summed E-state index contributed by atoms with van der Waals surface area (Å²) in [6, 6.07) is 11.2. The Morgan fingerprint density at radius 3 is 2.21 bits per heavy atom. The molecule has 0 amide bonds. The van der Waals surface area contributed by atoms with Crippen molar-refractivity contribution in [1.29, 1.82) is 0 Å². The number of rotatable bonds is 4. The molecule has 0 saturated heterocycles. The molecule has 0 bridgehead atoms. The predicted molar refractivity (Wildman–Crippen MR) is 87.3 cm³/mol. The van der Waals surface area contributed by atoms with Crippen LogP contribution < -0.4 is 0 Å². The summed E-state index contributed by atoms with van der Waals surface area (Å²) in [5.41, 5.74) is 3.20. The summed E-state index contributed by atoms with van der Waals surface area (Å²) in [7, 11) is 0. The maximum absolute atomic E-state index is 2.30. The van der Waals surface area contributed by atoms with E-state index in [2.05, 4.69) is 49.6 Å². The summed E-state index contributed by atoms with van der Waals surface area (Å²) < 4.78 is 1.52. The molecule has 19 heavy (non-hydrogen) atoms. The van der Waals surface area contributed by atoms with Crippen LogP contribution in [0, 0.1) is 0 Å². The van der Waals surface area contributed by atoms with Gasteiger partial charge in [-0.05, 0) is 46.2 Å². The summed E-state index contributed by atoms with van der Waals surface area (Å²) in [5.74, 6) is 0. The first-order chi connectivity index (χ1) is 9.36. The van der Waals surface area contributed by atoms with Crippen molar-refractivity contribution in [3.63, 3.8) is 0 Å². The quantitative estimate of drug-likeness (QED) is 0.547. The highest BCUT2D eigenvalue weighted by Crippen LogP contribution is 2.37. The van der Waals surface area contributed by atoms with Gasteiger partial charge in [0.1, 0.15) is 0 Å². The minimum absolute atomic E-state index is 1.20. The van der Waals surface area contributed by atoms with E-state index >= 15 is 0 Å². The van der Waals surface area contributed by atoms with Gasteiger partial charge in [-0.15, -0.1) is 11.3 Å². The summed E-state index contributed by atoms with van der Waals surface area (Å²) >= 11 is 1.91. The number of fused-ring (bicyclic) bond motifs is 3. The summed E-state index contributed by atoms with van der Waals surface area (Å²) in [6.45, 7) is 4.56. The lowest BCUT2D eigenvalue weighted by molar-refractivity contribution is 0.875. The average molecular weight is 268 g/mol. The van der Waals surface area contributed by atoms with E-state index in [-0.39, 0.29) is 0 Å². The van der Waals surface area contributed by atoms with Gasteiger partial charge in [-0.1, -0.05) is 51.0 Å². The van der Waals surface area contributed by atoms with Crippen molar-refractivity contribution in [3.05, 3.63) is 46.8 Å². The van der Waals surface area contributed by atoms with E-state index in [9.17, 15) is 0 Å². The second-order valence-corrected chi connectivity index (χ2v) is 6.08. The standard InChI is InChI=1S/C18H20S/c1-3-7-13-14-9-5-6-10-15(14)17-11-12-19-18(17)16(13)8-4-2/h5-6,9-12H,3-4,7-8H2,1-2H3. The lowest BCUT2D eigenvalue weighted by Crippen LogP contribution is -1.96. The molecule has 0 radical (unpaired) electrons. The van der Waals surface area contributed by atoms with Gasteiger partial charge in [-0.25, -0.2) is 0 Å². The lowest BCUT2D eigenvalue weighted by Gasteiger charge is -2.14. The van der Waals surface area contributed by atoms with Gasteiger partial charge in [0.25, 0.3) is 0 Å². The third-order valence-corrected chi connectivity index (χ3v) is 4.82. The highest BCUT2D eigenvalue weighted by molar-refractivity contribution is 7.17. The maximum atomic E-state index is 2.30. The molecule has 0 nitrogen and oxygen atoms in total. The van der Waals surface area contributed by atoms with Crippen molar-refractivity contribution in [2.45, 2.75) is 39.5 Å². The molecule has 0 aliphatic rings. The molecule has 0 spiro atoms. The number of aryl methyl sites for hydroxylation is 2. The molecular formula is C18H20S. The fourth-order valence-corrected chi connectivity index (χ4v) is 4.10. The SMILES string of the molecule is CCCc1c(CCC)c2sccc2c2ccccc12. The third-order valence-electron chi connectivity index (χ3n) is 3.85. The Balaban J connectivity index is 2.44. The zero-order valence-corrected chi connectivity index (χ0v) is 12.5. The van der Waals surface area contributed by atoms with Gasteiger partial charge in [0, 0.05) is 10.1 Å². The summed E-state index contributed by atoms with van der Waals surface area (Å²) in [6.07, 6.45) is 4.85. The van der Waals surface area contributed by atoms with Crippen LogP contribution in [0.5, 0.6) is 0 Å². The molecule has 1 heterocycles. The van der Waals surface area contributed by atoms with E-state index < -0.39 is 0 Å². The van der Waals surface area contributed by atoms with Crippen LogP contribution in [-0.4, -0.2) is 0 Å². The van der Waals surface area contributed by atoms with Crippen LogP contribution in [0.15, 0.2) is 35.7 Å². The molecule has 3 rings (SSSR count). The highest BCUT2D eigenvalue weighted by atomic mass is 32.1. The number of thiophene rings is 1. The Hall–Kier alpha value is -1.34. The van der Waals surface area contributed by atoms with E-state index in [4.69, 9.17) is 0 Å². The van der Waals surface area contributed by atoms with E-state index in [0.717, 1.165) is 0 Å². The van der Waals surface area contributed by atoms with E-state index in [1.54, 1.807) is 11.1 Å². The van der Waals surface area contributed by atoms with Crippen LogP contribution in [0.1, 0.15) is 37.8 Å². The Bertz CT molecular complexity index is 706. The molecule has 0 aliphatic carbocycles. The van der Waals surface area contributed by atoms with E-state index in [1.807, 2.05) is 11.3 Å². The van der Waals surface area contributed by atoms with Crippen molar-refractivity contribution in [2.75, 3.05) is 0 Å². The molecule has 98 valence electrons. The molecule has 0 N–H and O–H groups in total. The smallest absolute Gasteiger partial charge is 0.0383 e. The first-order valence-corrected chi connectivity index (χ1v) is 8.14. The van der Waals surface area contributed by atoms with Gasteiger partial charge >= 0.3 is 0 Å². The highest BCUT2D eigenvalue weighted by Gasteiger charge is 2.13. The van der Waals surface area contributed by atoms with Crippen LogP contribution in [0.3, 0.4) is 0 Å². The minimum atomic E-state index is 1.20. The van der Waals surface area contributed by atoms with Crippen molar-refractivity contribution in [1.82, 2.24) is 0 Å². The molecular weight excluding hydrogens is 248 g/mol. The molecule has 0 atom stereocenters. The maximum Gasteiger partial charge on any atom is 0.0383 e. The summed E-state index contributed by atoms with van der Waals surface area (Å²) in [5, 5.41) is 6.59. The van der Waals surface area contributed by atoms with Crippen LogP contribution in [0.2, 0.25) is 0 Å². The second-order valence-electron chi connectivity index (χ2n) is 5.17. The lowest BCUT2D eigenvalue weighted by atomic mass is 9.91. The minimum Gasteiger partial charge on any atom is -0.143 e. The van der Waals surface area contributed by atoms with Crippen molar-refractivity contribution in [3.8, 4) is 0 Å². The van der Waals surface area contributed by atoms with E-state index in [0.29, 0.717) is 0 Å². The number of hydrogen-bond acceptors (Lipinski definition) is 1. The van der Waals surface area contributed by atoms with Gasteiger partial charge in [-0.3, -0.25) is 0 Å². The zero-order chi connectivity index (χ0) is 13.2. The second kappa shape index (κ2) is 5.34. The molecule has 2 aromatic carbocycles. The van der Waals surface area contributed by atoms with Gasteiger partial charge in [0.15, 0.2) is 0 Å². The van der Waals surface area contributed by atoms with E-state index in [1.165, 1.54) is 46.5 Å². The van der Waals surface area contributed by atoms with Gasteiger partial charge in [0.05, 0.1) is 0 Å². The molecule has 0 saturated carbocycles. The van der Waals surface area contributed by atoms with Gasteiger partial charge in [-0.2, -0.15) is 0 Å². The Labute approximate surface area is 119 Å². The van der Waals surface area contributed by atoms with Crippen LogP contribution in [0.25, 0.3) is 20.9 Å². The zero-order valence-electron chi connectivity index (χ0n) is 11.7. The molecule has 1 aromatic heterocycles. The van der Waals surface area contributed by atoms with Crippen LogP contribution in [-0.2, 0) is 12.8 Å². The topological polar surface area (TPSA) is 0 Å². The largest absolute Gasteiger partial charge is 0.143 e. The van der Waals surface area contributed by atoms with Gasteiger partial charge in [0.2, 0.25) is 0 Å². The van der Waals surface area contributed by atoms with Crippen LogP contribution >= 0.6 is 11.3 Å². The van der Waals surface area contributed by atoms with Crippen molar-refractivity contribution in [2.24, 2.45) is 0 Å². The molecule has 1 heteroatoms. The molecule has 0 aliphatic heterocycles. The molecule has 0 unspecified atom stereocenters. The Morgan fingerprint density at radius 1 is 0.789 bits per heavy atom.